The quantitative estimate of drug-likeness (QED) is 0.775. The first-order chi connectivity index (χ1) is 13.2. The molecule has 0 atom stereocenters. The molecule has 0 bridgehead atoms. The van der Waals surface area contributed by atoms with E-state index in [-0.39, 0.29) is 25.0 Å². The number of carbonyl (C=O) groups is 1. The van der Waals surface area contributed by atoms with Crippen molar-refractivity contribution >= 4 is 15.9 Å². The molecule has 0 aliphatic heterocycles. The van der Waals surface area contributed by atoms with Gasteiger partial charge >= 0.3 is 0 Å². The zero-order valence-electron chi connectivity index (χ0n) is 17.0. The van der Waals surface area contributed by atoms with Gasteiger partial charge in [-0.05, 0) is 57.2 Å². The fourth-order valence-corrected chi connectivity index (χ4v) is 5.28. The van der Waals surface area contributed by atoms with Crippen molar-refractivity contribution in [3.8, 4) is 0 Å². The first kappa shape index (κ1) is 20.6. The number of hydrogen-bond donors (Lipinski definition) is 1. The van der Waals surface area contributed by atoms with Gasteiger partial charge in [0.2, 0.25) is 15.9 Å². The van der Waals surface area contributed by atoms with E-state index in [1.54, 1.807) is 13.8 Å². The van der Waals surface area contributed by atoms with E-state index in [1.807, 2.05) is 50.2 Å². The minimum Gasteiger partial charge on any atom is -0.352 e. The Labute approximate surface area is 167 Å². The van der Waals surface area contributed by atoms with E-state index < -0.39 is 10.0 Å². The van der Waals surface area contributed by atoms with Crippen LogP contribution in [0, 0.1) is 27.7 Å². The van der Waals surface area contributed by atoms with Gasteiger partial charge in [-0.15, -0.1) is 0 Å². The minimum atomic E-state index is -3.83. The molecule has 1 amide bonds. The Bertz CT molecular complexity index is 954. The lowest BCUT2D eigenvalue weighted by molar-refractivity contribution is -0.121. The monoisotopic (exact) mass is 400 g/mol. The number of sulfonamides is 1. The third kappa shape index (κ3) is 4.80. The Morgan fingerprint density at radius 3 is 2.11 bits per heavy atom. The molecule has 0 spiro atoms. The second-order valence-electron chi connectivity index (χ2n) is 7.83. The lowest BCUT2D eigenvalue weighted by Gasteiger charge is -2.24. The van der Waals surface area contributed by atoms with Crippen LogP contribution in [-0.2, 0) is 21.4 Å². The van der Waals surface area contributed by atoms with Crippen molar-refractivity contribution in [1.29, 1.82) is 0 Å². The first-order valence-corrected chi connectivity index (χ1v) is 11.0. The van der Waals surface area contributed by atoms with E-state index >= 15 is 0 Å². The lowest BCUT2D eigenvalue weighted by Crippen LogP contribution is -2.41. The summed E-state index contributed by atoms with van der Waals surface area (Å²) in [6.45, 7) is 7.53. The molecule has 2 aromatic carbocycles. The highest BCUT2D eigenvalue weighted by atomic mass is 32.2. The summed E-state index contributed by atoms with van der Waals surface area (Å²) in [7, 11) is -3.83. The van der Waals surface area contributed by atoms with Crippen molar-refractivity contribution in [1.82, 2.24) is 9.62 Å². The lowest BCUT2D eigenvalue weighted by atomic mass is 10.1. The molecule has 1 N–H and O–H groups in total. The summed E-state index contributed by atoms with van der Waals surface area (Å²) in [5, 5.41) is 2.90. The number of aryl methyl sites for hydroxylation is 4. The number of amides is 1. The molecule has 1 aliphatic carbocycles. The van der Waals surface area contributed by atoms with E-state index in [9.17, 15) is 13.2 Å². The van der Waals surface area contributed by atoms with Gasteiger partial charge in [0.25, 0.3) is 0 Å². The Kier molecular flexibility index (Phi) is 5.91. The van der Waals surface area contributed by atoms with Crippen LogP contribution in [0.2, 0.25) is 0 Å². The van der Waals surface area contributed by atoms with Crippen molar-refractivity contribution in [3.63, 3.8) is 0 Å². The summed E-state index contributed by atoms with van der Waals surface area (Å²) in [5.41, 5.74) is 4.39. The highest BCUT2D eigenvalue weighted by Crippen LogP contribution is 2.27. The molecule has 0 saturated heterocycles. The van der Waals surface area contributed by atoms with Crippen LogP contribution in [0.3, 0.4) is 0 Å². The fourth-order valence-electron chi connectivity index (χ4n) is 3.49. The summed E-state index contributed by atoms with van der Waals surface area (Å²) in [4.78, 5) is 12.7. The largest absolute Gasteiger partial charge is 0.352 e. The summed E-state index contributed by atoms with van der Waals surface area (Å²) in [5.74, 6) is -0.249. The van der Waals surface area contributed by atoms with Gasteiger partial charge in [0.1, 0.15) is 0 Å². The predicted molar refractivity (Wildman–Crippen MR) is 111 cm³/mol. The second kappa shape index (κ2) is 8.05. The molecule has 2 aromatic rings. The van der Waals surface area contributed by atoms with E-state index in [2.05, 4.69) is 5.32 Å². The van der Waals surface area contributed by atoms with Gasteiger partial charge in [-0.1, -0.05) is 47.5 Å². The molecule has 5 nitrogen and oxygen atoms in total. The Hall–Kier alpha value is -2.18. The topological polar surface area (TPSA) is 66.5 Å². The summed E-state index contributed by atoms with van der Waals surface area (Å²) < 4.78 is 28.4. The maximum absolute atomic E-state index is 13.5. The van der Waals surface area contributed by atoms with Gasteiger partial charge < -0.3 is 5.32 Å². The maximum atomic E-state index is 13.5. The van der Waals surface area contributed by atoms with Gasteiger partial charge in [-0.2, -0.15) is 4.31 Å². The minimum absolute atomic E-state index is 0.160. The molecule has 1 fully saturated rings. The molecular formula is C22H28N2O3S. The van der Waals surface area contributed by atoms with Gasteiger partial charge in [0.15, 0.2) is 0 Å². The third-order valence-electron chi connectivity index (χ3n) is 4.94. The highest BCUT2D eigenvalue weighted by molar-refractivity contribution is 7.89. The van der Waals surface area contributed by atoms with Crippen LogP contribution in [0.25, 0.3) is 0 Å². The summed E-state index contributed by atoms with van der Waals surface area (Å²) >= 11 is 0. The summed E-state index contributed by atoms with van der Waals surface area (Å²) in [6.07, 6.45) is 1.93. The Balaban J connectivity index is 1.96. The number of benzene rings is 2. The van der Waals surface area contributed by atoms with Crippen LogP contribution in [-0.4, -0.2) is 31.2 Å². The molecule has 0 aromatic heterocycles. The first-order valence-electron chi connectivity index (χ1n) is 9.59. The maximum Gasteiger partial charge on any atom is 0.244 e. The highest BCUT2D eigenvalue weighted by Gasteiger charge is 2.31. The molecule has 150 valence electrons. The number of nitrogens with zero attached hydrogens (tertiary/aromatic N) is 1. The zero-order valence-corrected chi connectivity index (χ0v) is 17.8. The SMILES string of the molecule is Cc1ccc(CN(CC(=O)NC2CC2)S(=O)(=O)c2c(C)cc(C)cc2C)cc1. The average Bonchev–Trinajstić information content (AvgIpc) is 3.38. The summed E-state index contributed by atoms with van der Waals surface area (Å²) in [6, 6.07) is 11.7. The fraction of sp³-hybridized carbons (Fsp3) is 0.409. The number of carbonyl (C=O) groups excluding carboxylic acids is 1. The molecule has 6 heteroatoms. The van der Waals surface area contributed by atoms with Crippen molar-refractivity contribution in [2.75, 3.05) is 6.54 Å². The number of nitrogens with one attached hydrogen (secondary N) is 1. The Morgan fingerprint density at radius 2 is 1.57 bits per heavy atom. The van der Waals surface area contributed by atoms with Gasteiger partial charge in [0, 0.05) is 12.6 Å². The normalized spacial score (nSPS) is 14.3. The van der Waals surface area contributed by atoms with E-state index in [0.29, 0.717) is 16.0 Å². The smallest absolute Gasteiger partial charge is 0.244 e. The standard InChI is InChI=1S/C22H28N2O3S/c1-15-5-7-19(8-6-15)13-24(14-21(25)23-20-9-10-20)28(26,27)22-17(3)11-16(2)12-18(22)4/h5-8,11-12,20H,9-10,13-14H2,1-4H3,(H,23,25). The van der Waals surface area contributed by atoms with Crippen LogP contribution < -0.4 is 5.32 Å². The van der Waals surface area contributed by atoms with Crippen LogP contribution in [0.15, 0.2) is 41.3 Å². The Morgan fingerprint density at radius 1 is 1.00 bits per heavy atom. The zero-order chi connectivity index (χ0) is 20.5. The van der Waals surface area contributed by atoms with Gasteiger partial charge in [-0.3, -0.25) is 4.79 Å². The van der Waals surface area contributed by atoms with Crippen LogP contribution in [0.1, 0.15) is 40.7 Å². The van der Waals surface area contributed by atoms with Crippen molar-refractivity contribution in [2.24, 2.45) is 0 Å². The molecule has 0 unspecified atom stereocenters. The van der Waals surface area contributed by atoms with Crippen LogP contribution in [0.5, 0.6) is 0 Å². The van der Waals surface area contributed by atoms with E-state index in [0.717, 1.165) is 29.5 Å². The average molecular weight is 401 g/mol. The number of hydrogen-bond acceptors (Lipinski definition) is 3. The van der Waals surface area contributed by atoms with Crippen molar-refractivity contribution < 1.29 is 13.2 Å². The molecular weight excluding hydrogens is 372 g/mol. The molecule has 1 saturated carbocycles. The van der Waals surface area contributed by atoms with Gasteiger partial charge in [0.05, 0.1) is 11.4 Å². The van der Waals surface area contributed by atoms with Crippen molar-refractivity contribution in [3.05, 3.63) is 64.2 Å². The third-order valence-corrected chi connectivity index (χ3v) is 7.04. The van der Waals surface area contributed by atoms with Crippen LogP contribution >= 0.6 is 0 Å². The van der Waals surface area contributed by atoms with E-state index in [4.69, 9.17) is 0 Å². The molecule has 1 aliphatic rings. The molecule has 3 rings (SSSR count). The molecule has 28 heavy (non-hydrogen) atoms. The predicted octanol–water partition coefficient (Wildman–Crippen LogP) is 3.39. The molecule has 0 heterocycles. The van der Waals surface area contributed by atoms with Gasteiger partial charge in [-0.25, -0.2) is 8.42 Å². The molecule has 0 radical (unpaired) electrons. The van der Waals surface area contributed by atoms with Crippen LogP contribution in [0.4, 0.5) is 0 Å². The number of rotatable bonds is 7. The van der Waals surface area contributed by atoms with E-state index in [1.165, 1.54) is 4.31 Å². The van der Waals surface area contributed by atoms with Crippen molar-refractivity contribution in [2.45, 2.75) is 58.0 Å². The second-order valence-corrected chi connectivity index (χ2v) is 9.70.